The number of nitrogens with one attached hydrogen (secondary N) is 1. The lowest BCUT2D eigenvalue weighted by atomic mass is 9.86. The summed E-state index contributed by atoms with van der Waals surface area (Å²) in [6, 6.07) is 21.9. The fraction of sp³-hybridized carbons (Fsp3) is 0.375. The van der Waals surface area contributed by atoms with E-state index < -0.39 is 6.04 Å². The zero-order chi connectivity index (χ0) is 28.4. The first-order valence-corrected chi connectivity index (χ1v) is 14.1. The third kappa shape index (κ3) is 9.01. The number of hydrogen-bond donors (Lipinski definition) is 1. The quantitative estimate of drug-likeness (QED) is 0.234. The second kappa shape index (κ2) is 14.4. The Morgan fingerprint density at radius 1 is 0.923 bits per heavy atom. The fourth-order valence-corrected chi connectivity index (χ4v) is 4.65. The van der Waals surface area contributed by atoms with Gasteiger partial charge >= 0.3 is 0 Å². The molecule has 0 aliphatic carbocycles. The van der Waals surface area contributed by atoms with Gasteiger partial charge in [-0.1, -0.05) is 112 Å². The zero-order valence-electron chi connectivity index (χ0n) is 23.2. The summed E-state index contributed by atoms with van der Waals surface area (Å²) < 4.78 is 6.10. The first-order chi connectivity index (χ1) is 18.6. The molecule has 0 fully saturated rings. The Kier molecular flexibility index (Phi) is 11.3. The Hall–Kier alpha value is -3.02. The maximum atomic E-state index is 13.9. The molecule has 0 aliphatic heterocycles. The molecule has 3 rings (SSSR count). The topological polar surface area (TPSA) is 58.6 Å². The van der Waals surface area contributed by atoms with Crippen LogP contribution in [0.3, 0.4) is 0 Å². The van der Waals surface area contributed by atoms with Gasteiger partial charge in [-0.25, -0.2) is 0 Å². The van der Waals surface area contributed by atoms with Crippen molar-refractivity contribution < 1.29 is 14.3 Å². The molecular weight excluding hydrogens is 531 g/mol. The van der Waals surface area contributed by atoms with Crippen LogP contribution in [0.1, 0.15) is 57.2 Å². The molecule has 0 saturated heterocycles. The molecule has 3 aromatic rings. The summed E-state index contributed by atoms with van der Waals surface area (Å²) in [6.07, 6.45) is 2.18. The van der Waals surface area contributed by atoms with Crippen LogP contribution in [0.25, 0.3) is 0 Å². The number of unbranched alkanes of at least 4 members (excludes halogenated alkanes) is 1. The summed E-state index contributed by atoms with van der Waals surface area (Å²) >= 11 is 12.4. The van der Waals surface area contributed by atoms with E-state index in [1.165, 1.54) is 0 Å². The number of ether oxygens (including phenoxy) is 1. The third-order valence-corrected chi connectivity index (χ3v) is 7.22. The number of nitrogens with zero attached hydrogens (tertiary/aromatic N) is 1. The highest BCUT2D eigenvalue weighted by Crippen LogP contribution is 2.31. The molecule has 39 heavy (non-hydrogen) atoms. The Morgan fingerprint density at radius 2 is 1.62 bits per heavy atom. The van der Waals surface area contributed by atoms with Gasteiger partial charge in [0.25, 0.3) is 5.91 Å². The predicted molar refractivity (Wildman–Crippen MR) is 160 cm³/mol. The van der Waals surface area contributed by atoms with Crippen LogP contribution in [0.2, 0.25) is 10.0 Å². The highest BCUT2D eigenvalue weighted by molar-refractivity contribution is 6.42. The normalized spacial score (nSPS) is 12.1. The van der Waals surface area contributed by atoms with Crippen LogP contribution in [-0.2, 0) is 28.0 Å². The molecule has 3 aromatic carbocycles. The van der Waals surface area contributed by atoms with Gasteiger partial charge in [0.2, 0.25) is 5.91 Å². The van der Waals surface area contributed by atoms with E-state index in [1.54, 1.807) is 17.0 Å². The minimum atomic E-state index is -0.743. The number of carbonyl (C=O) groups is 2. The summed E-state index contributed by atoms with van der Waals surface area (Å²) in [5.41, 5.74) is 2.58. The number of rotatable bonds is 12. The van der Waals surface area contributed by atoms with Crippen molar-refractivity contribution in [2.24, 2.45) is 0 Å². The highest BCUT2D eigenvalue weighted by Gasteiger charge is 2.31. The molecule has 2 amide bonds. The smallest absolute Gasteiger partial charge is 0.261 e. The van der Waals surface area contributed by atoms with Crippen LogP contribution in [0.5, 0.6) is 5.75 Å². The van der Waals surface area contributed by atoms with Crippen LogP contribution < -0.4 is 10.1 Å². The van der Waals surface area contributed by atoms with Crippen LogP contribution in [0.15, 0.2) is 72.8 Å². The summed E-state index contributed by atoms with van der Waals surface area (Å²) in [5.74, 6) is 0.159. The van der Waals surface area contributed by atoms with Gasteiger partial charge in [-0.15, -0.1) is 0 Å². The number of para-hydroxylation sites is 1. The molecule has 7 heteroatoms. The molecular formula is C32H38Cl2N2O3. The van der Waals surface area contributed by atoms with Crippen LogP contribution in [0.4, 0.5) is 0 Å². The van der Waals surface area contributed by atoms with Crippen molar-refractivity contribution in [2.45, 2.75) is 65.0 Å². The van der Waals surface area contributed by atoms with Crippen molar-refractivity contribution in [3.05, 3.63) is 99.5 Å². The van der Waals surface area contributed by atoms with E-state index in [2.05, 4.69) is 33.0 Å². The van der Waals surface area contributed by atoms with E-state index in [9.17, 15) is 9.59 Å². The molecule has 0 heterocycles. The van der Waals surface area contributed by atoms with Crippen LogP contribution >= 0.6 is 23.2 Å². The minimum absolute atomic E-state index is 0.158. The van der Waals surface area contributed by atoms with Crippen LogP contribution in [-0.4, -0.2) is 35.9 Å². The molecule has 0 bridgehead atoms. The van der Waals surface area contributed by atoms with Gasteiger partial charge < -0.3 is 15.0 Å². The molecule has 0 aromatic heterocycles. The fourth-order valence-electron chi connectivity index (χ4n) is 4.33. The van der Waals surface area contributed by atoms with Gasteiger partial charge in [0.05, 0.1) is 10.0 Å². The molecule has 0 radical (unpaired) electrons. The molecule has 0 unspecified atom stereocenters. The molecule has 0 spiro atoms. The van der Waals surface area contributed by atoms with Crippen molar-refractivity contribution in [1.29, 1.82) is 0 Å². The van der Waals surface area contributed by atoms with E-state index in [-0.39, 0.29) is 30.4 Å². The third-order valence-electron chi connectivity index (χ3n) is 6.48. The second-order valence-corrected chi connectivity index (χ2v) is 11.5. The highest BCUT2D eigenvalue weighted by atomic mass is 35.5. The van der Waals surface area contributed by atoms with Gasteiger partial charge in [0, 0.05) is 19.5 Å². The first-order valence-electron chi connectivity index (χ1n) is 13.4. The lowest BCUT2D eigenvalue weighted by molar-refractivity contribution is -0.142. The van der Waals surface area contributed by atoms with Crippen molar-refractivity contribution >= 4 is 35.0 Å². The number of amides is 2. The average Bonchev–Trinajstić information content (AvgIpc) is 2.91. The molecule has 0 aliphatic rings. The molecule has 208 valence electrons. The van der Waals surface area contributed by atoms with Gasteiger partial charge in [0.1, 0.15) is 11.8 Å². The number of hydrogen-bond acceptors (Lipinski definition) is 3. The lowest BCUT2D eigenvalue weighted by Crippen LogP contribution is -2.51. The van der Waals surface area contributed by atoms with Gasteiger partial charge in [0.15, 0.2) is 6.61 Å². The number of carbonyl (C=O) groups excluding carboxylic acids is 2. The van der Waals surface area contributed by atoms with E-state index in [4.69, 9.17) is 27.9 Å². The Labute approximate surface area is 242 Å². The molecule has 5 nitrogen and oxygen atoms in total. The van der Waals surface area contributed by atoms with Gasteiger partial charge in [-0.05, 0) is 46.7 Å². The molecule has 1 N–H and O–H groups in total. The minimum Gasteiger partial charge on any atom is -0.483 e. The van der Waals surface area contributed by atoms with E-state index >= 15 is 0 Å². The predicted octanol–water partition coefficient (Wildman–Crippen LogP) is 7.23. The summed E-state index contributed by atoms with van der Waals surface area (Å²) in [4.78, 5) is 29.0. The Morgan fingerprint density at radius 3 is 2.28 bits per heavy atom. The van der Waals surface area contributed by atoms with Crippen molar-refractivity contribution in [1.82, 2.24) is 10.2 Å². The number of halogens is 2. The first kappa shape index (κ1) is 30.5. The van der Waals surface area contributed by atoms with Gasteiger partial charge in [-0.2, -0.15) is 0 Å². The largest absolute Gasteiger partial charge is 0.483 e. The van der Waals surface area contributed by atoms with Crippen LogP contribution in [0, 0.1) is 0 Å². The number of benzene rings is 3. The second-order valence-electron chi connectivity index (χ2n) is 10.7. The summed E-state index contributed by atoms with van der Waals surface area (Å²) in [7, 11) is 0. The van der Waals surface area contributed by atoms with E-state index in [0.29, 0.717) is 28.8 Å². The maximum absolute atomic E-state index is 13.9. The van der Waals surface area contributed by atoms with E-state index in [1.807, 2.05) is 60.7 Å². The summed E-state index contributed by atoms with van der Waals surface area (Å²) in [6.45, 7) is 8.89. The monoisotopic (exact) mass is 568 g/mol. The van der Waals surface area contributed by atoms with Crippen molar-refractivity contribution in [3.63, 3.8) is 0 Å². The maximum Gasteiger partial charge on any atom is 0.261 e. The molecule has 1 atom stereocenters. The molecule has 0 saturated carbocycles. The Bertz CT molecular complexity index is 1240. The zero-order valence-corrected chi connectivity index (χ0v) is 24.7. The standard InChI is InChI=1S/C32H38Cl2N2O3/c1-5-6-18-35-31(38)28(20-23-12-8-7-9-13-23)36(21-24-16-17-26(33)27(34)19-24)30(37)22-39-29-15-11-10-14-25(29)32(2,3)4/h7-17,19,28H,5-6,18,20-22H2,1-4H3,(H,35,38)/t28-/m1/s1. The summed E-state index contributed by atoms with van der Waals surface area (Å²) in [5, 5.41) is 3.85. The Balaban J connectivity index is 1.94. The average molecular weight is 570 g/mol. The SMILES string of the molecule is CCCCNC(=O)[C@@H](Cc1ccccc1)N(Cc1ccc(Cl)c(Cl)c1)C(=O)COc1ccccc1C(C)(C)C. The van der Waals surface area contributed by atoms with E-state index in [0.717, 1.165) is 29.5 Å². The van der Waals surface area contributed by atoms with Crippen molar-refractivity contribution in [2.75, 3.05) is 13.2 Å². The van der Waals surface area contributed by atoms with Crippen molar-refractivity contribution in [3.8, 4) is 5.75 Å². The lowest BCUT2D eigenvalue weighted by Gasteiger charge is -2.32. The van der Waals surface area contributed by atoms with Gasteiger partial charge in [-0.3, -0.25) is 9.59 Å².